The molecular weight excluding hydrogens is 491 g/mol. The number of hydrogen-bond acceptors (Lipinski definition) is 8. The van der Waals surface area contributed by atoms with E-state index >= 15 is 0 Å². The van der Waals surface area contributed by atoms with Crippen molar-refractivity contribution in [2.45, 2.75) is 30.1 Å². The maximum atomic E-state index is 13.1. The van der Waals surface area contributed by atoms with E-state index in [4.69, 9.17) is 9.47 Å². The minimum Gasteiger partial charge on any atom is -0.506 e. The molecule has 0 radical (unpaired) electrons. The molecule has 2 unspecified atom stereocenters. The van der Waals surface area contributed by atoms with Crippen LogP contribution in [0.5, 0.6) is 17.2 Å². The highest BCUT2D eigenvalue weighted by Gasteiger charge is 2.19. The van der Waals surface area contributed by atoms with Crippen molar-refractivity contribution >= 4 is 15.7 Å². The van der Waals surface area contributed by atoms with Crippen molar-refractivity contribution in [2.75, 3.05) is 25.0 Å². The van der Waals surface area contributed by atoms with Gasteiger partial charge >= 0.3 is 0 Å². The summed E-state index contributed by atoms with van der Waals surface area (Å²) >= 11 is 0. The number of nitrogens with one attached hydrogen (secondary N) is 2. The van der Waals surface area contributed by atoms with Gasteiger partial charge in [-0.05, 0) is 61.0 Å². The number of aromatic hydroxyl groups is 1. The van der Waals surface area contributed by atoms with E-state index in [0.717, 1.165) is 24.3 Å². The minimum atomic E-state index is -4.08. The summed E-state index contributed by atoms with van der Waals surface area (Å²) in [7, 11) is -2.52. The molecule has 9 nitrogen and oxygen atoms in total. The molecule has 194 valence electrons. The van der Waals surface area contributed by atoms with Crippen LogP contribution >= 0.6 is 0 Å². The van der Waals surface area contributed by atoms with Crippen molar-refractivity contribution in [1.82, 2.24) is 5.32 Å². The second-order valence-electron chi connectivity index (χ2n) is 8.12. The highest BCUT2D eigenvalue weighted by atomic mass is 32.2. The van der Waals surface area contributed by atoms with Gasteiger partial charge in [-0.1, -0.05) is 12.1 Å². The van der Waals surface area contributed by atoms with Gasteiger partial charge in [-0.3, -0.25) is 4.72 Å². The third-order valence-electron chi connectivity index (χ3n) is 5.39. The van der Waals surface area contributed by atoms with Crippen molar-refractivity contribution in [2.24, 2.45) is 0 Å². The van der Waals surface area contributed by atoms with Crippen molar-refractivity contribution in [3.05, 3.63) is 78.1 Å². The van der Waals surface area contributed by atoms with Gasteiger partial charge in [-0.15, -0.1) is 0 Å². The lowest BCUT2D eigenvalue weighted by atomic mass is 10.0. The smallest absolute Gasteiger partial charge is 0.262 e. The number of phenolic OH excluding ortho intramolecular Hbond substituents is 1. The molecule has 0 amide bonds. The summed E-state index contributed by atoms with van der Waals surface area (Å²) in [4.78, 5) is -0.179. The summed E-state index contributed by atoms with van der Waals surface area (Å²) in [6, 6.07) is 14.8. The van der Waals surface area contributed by atoms with Crippen molar-refractivity contribution in [1.29, 1.82) is 0 Å². The SMILES string of the molecule is COc1ccc(C(O)C(C)NC[C@H](O)COc2ccc(O)c(NS(=O)(=O)c3ccc(F)cc3)c2)cc1. The summed E-state index contributed by atoms with van der Waals surface area (Å²) in [5.74, 6) is -0.0313. The van der Waals surface area contributed by atoms with Crippen LogP contribution in [0.4, 0.5) is 10.1 Å². The van der Waals surface area contributed by atoms with Gasteiger partial charge in [-0.25, -0.2) is 12.8 Å². The Morgan fingerprint density at radius 3 is 2.25 bits per heavy atom. The zero-order valence-electron chi connectivity index (χ0n) is 19.8. The normalized spacial score (nSPS) is 14.0. The van der Waals surface area contributed by atoms with Gasteiger partial charge in [-0.2, -0.15) is 0 Å². The summed E-state index contributed by atoms with van der Waals surface area (Å²) in [5.41, 5.74) is 0.557. The third kappa shape index (κ3) is 7.31. The average Bonchev–Trinajstić information content (AvgIpc) is 2.87. The molecule has 3 aromatic rings. The van der Waals surface area contributed by atoms with Crippen LogP contribution < -0.4 is 19.5 Å². The van der Waals surface area contributed by atoms with Crippen LogP contribution in [0.15, 0.2) is 71.6 Å². The standard InChI is InChI=1S/C25H29FN2O7S/c1-16(25(31)17-3-7-20(34-2)8-4-17)27-14-19(29)15-35-21-9-12-24(30)23(13-21)28-36(32,33)22-10-5-18(26)6-11-22/h3-13,16,19,25,27-31H,14-15H2,1-2H3/t16?,19-,25?/m0/s1. The minimum absolute atomic E-state index is 0.122. The Kier molecular flexibility index (Phi) is 9.10. The molecule has 0 aliphatic heterocycles. The quantitative estimate of drug-likeness (QED) is 0.230. The second kappa shape index (κ2) is 12.0. The van der Waals surface area contributed by atoms with Crippen molar-refractivity contribution < 1.29 is 37.6 Å². The molecule has 0 aromatic heterocycles. The molecule has 0 saturated carbocycles. The Labute approximate surface area is 209 Å². The number of aliphatic hydroxyl groups is 2. The molecule has 11 heteroatoms. The van der Waals surface area contributed by atoms with Crippen LogP contribution in [0.25, 0.3) is 0 Å². The molecular formula is C25H29FN2O7S. The van der Waals surface area contributed by atoms with Gasteiger partial charge in [0.15, 0.2) is 0 Å². The Balaban J connectivity index is 1.53. The zero-order valence-corrected chi connectivity index (χ0v) is 20.6. The maximum Gasteiger partial charge on any atom is 0.262 e. The first-order valence-electron chi connectivity index (χ1n) is 11.1. The van der Waals surface area contributed by atoms with E-state index in [1.54, 1.807) is 38.3 Å². The Morgan fingerprint density at radius 1 is 0.972 bits per heavy atom. The topological polar surface area (TPSA) is 137 Å². The molecule has 3 rings (SSSR count). The predicted octanol–water partition coefficient (Wildman–Crippen LogP) is 2.79. The van der Waals surface area contributed by atoms with Crippen LogP contribution in [-0.4, -0.2) is 56.1 Å². The molecule has 0 spiro atoms. The van der Waals surface area contributed by atoms with E-state index in [-0.39, 0.29) is 41.3 Å². The van der Waals surface area contributed by atoms with Gasteiger partial charge < -0.3 is 30.1 Å². The number of anilines is 1. The summed E-state index contributed by atoms with van der Waals surface area (Å²) in [6.45, 7) is 1.77. The Bertz CT molecular complexity index is 1240. The highest BCUT2D eigenvalue weighted by Crippen LogP contribution is 2.30. The fraction of sp³-hybridized carbons (Fsp3) is 0.280. The van der Waals surface area contributed by atoms with Crippen LogP contribution in [0.3, 0.4) is 0 Å². The third-order valence-corrected chi connectivity index (χ3v) is 6.77. The van der Waals surface area contributed by atoms with Crippen LogP contribution in [0.2, 0.25) is 0 Å². The van der Waals surface area contributed by atoms with Crippen LogP contribution in [-0.2, 0) is 10.0 Å². The van der Waals surface area contributed by atoms with Gasteiger partial charge in [0.25, 0.3) is 10.0 Å². The molecule has 3 atom stereocenters. The van der Waals surface area contributed by atoms with E-state index in [2.05, 4.69) is 10.0 Å². The summed E-state index contributed by atoms with van der Waals surface area (Å²) < 4.78 is 51.0. The first kappa shape index (κ1) is 27.2. The molecule has 0 fully saturated rings. The number of halogens is 1. The van der Waals surface area contributed by atoms with Crippen LogP contribution in [0.1, 0.15) is 18.6 Å². The Hall–Kier alpha value is -3.38. The van der Waals surface area contributed by atoms with E-state index in [1.807, 2.05) is 0 Å². The summed E-state index contributed by atoms with van der Waals surface area (Å²) in [6.07, 6.45) is -1.75. The summed E-state index contributed by atoms with van der Waals surface area (Å²) in [5, 5.41) is 33.9. The lowest BCUT2D eigenvalue weighted by Gasteiger charge is -2.22. The van der Waals surface area contributed by atoms with Gasteiger partial charge in [0.05, 0.1) is 23.8 Å². The molecule has 0 saturated heterocycles. The average molecular weight is 521 g/mol. The number of rotatable bonds is 12. The molecule has 36 heavy (non-hydrogen) atoms. The van der Waals surface area contributed by atoms with Gasteiger partial charge in [0, 0.05) is 18.7 Å². The molecule has 3 aromatic carbocycles. The largest absolute Gasteiger partial charge is 0.506 e. The monoisotopic (exact) mass is 520 g/mol. The lowest BCUT2D eigenvalue weighted by Crippen LogP contribution is -2.39. The van der Waals surface area contributed by atoms with Gasteiger partial charge in [0.2, 0.25) is 0 Å². The van der Waals surface area contributed by atoms with E-state index in [9.17, 15) is 28.1 Å². The molecule has 0 heterocycles. The highest BCUT2D eigenvalue weighted by molar-refractivity contribution is 7.92. The second-order valence-corrected chi connectivity index (χ2v) is 9.80. The number of benzene rings is 3. The number of aliphatic hydroxyl groups excluding tert-OH is 2. The molecule has 0 bridgehead atoms. The van der Waals surface area contributed by atoms with Crippen molar-refractivity contribution in [3.63, 3.8) is 0 Å². The number of ether oxygens (including phenoxy) is 2. The zero-order chi connectivity index (χ0) is 26.3. The first-order valence-corrected chi connectivity index (χ1v) is 12.5. The first-order chi connectivity index (χ1) is 17.1. The number of hydrogen-bond donors (Lipinski definition) is 5. The number of sulfonamides is 1. The van der Waals surface area contributed by atoms with E-state index < -0.39 is 28.0 Å². The van der Waals surface area contributed by atoms with Crippen LogP contribution in [0, 0.1) is 5.82 Å². The fourth-order valence-corrected chi connectivity index (χ4v) is 4.34. The molecule has 5 N–H and O–H groups in total. The molecule has 0 aliphatic rings. The predicted molar refractivity (Wildman–Crippen MR) is 132 cm³/mol. The van der Waals surface area contributed by atoms with E-state index in [1.165, 1.54) is 18.2 Å². The number of methoxy groups -OCH3 is 1. The maximum absolute atomic E-state index is 13.1. The lowest BCUT2D eigenvalue weighted by molar-refractivity contribution is 0.0876. The van der Waals surface area contributed by atoms with Gasteiger partial charge in [0.1, 0.15) is 35.8 Å². The number of phenols is 1. The van der Waals surface area contributed by atoms with E-state index in [0.29, 0.717) is 11.3 Å². The fourth-order valence-electron chi connectivity index (χ4n) is 3.28. The van der Waals surface area contributed by atoms with Crippen molar-refractivity contribution in [3.8, 4) is 17.2 Å². The Morgan fingerprint density at radius 2 is 1.61 bits per heavy atom. The molecule has 0 aliphatic carbocycles.